The van der Waals surface area contributed by atoms with Crippen molar-refractivity contribution in [1.29, 1.82) is 0 Å². The molecule has 0 bridgehead atoms. The fourth-order valence-electron chi connectivity index (χ4n) is 2.37. The molecule has 2 N–H and O–H groups in total. The molecule has 1 amide bonds. The van der Waals surface area contributed by atoms with E-state index in [0.29, 0.717) is 22.8 Å². The minimum atomic E-state index is -0.426. The van der Waals surface area contributed by atoms with Gasteiger partial charge in [-0.1, -0.05) is 6.07 Å². The zero-order valence-corrected chi connectivity index (χ0v) is 15.8. The molecule has 0 spiro atoms. The van der Waals surface area contributed by atoms with Crippen LogP contribution in [0.3, 0.4) is 0 Å². The molecule has 0 aliphatic rings. The van der Waals surface area contributed by atoms with E-state index in [1.165, 1.54) is 20.4 Å². The summed E-state index contributed by atoms with van der Waals surface area (Å²) in [4.78, 5) is 13.2. The molecule has 8 nitrogen and oxygen atoms in total. The summed E-state index contributed by atoms with van der Waals surface area (Å²) in [5.41, 5.74) is 4.09. The Kier molecular flexibility index (Phi) is 5.72. The number of methoxy groups -OCH3 is 3. The van der Waals surface area contributed by atoms with Crippen LogP contribution in [-0.2, 0) is 0 Å². The van der Waals surface area contributed by atoms with E-state index < -0.39 is 5.91 Å². The number of aromatic amines is 1. The molecule has 0 aliphatic heterocycles. The molecule has 140 valence electrons. The molecule has 0 fully saturated rings. The largest absolute Gasteiger partial charge is 0.496 e. The van der Waals surface area contributed by atoms with E-state index in [9.17, 15) is 4.79 Å². The van der Waals surface area contributed by atoms with Gasteiger partial charge in [0.2, 0.25) is 0 Å². The summed E-state index contributed by atoms with van der Waals surface area (Å²) in [6.07, 6.45) is 1.46. The van der Waals surface area contributed by atoms with E-state index in [-0.39, 0.29) is 5.69 Å². The SMILES string of the molecule is COc1cc(OC)c(OC)cc1/C=N/NC(=O)c1cc(-c2cccs2)[nH]n1. The van der Waals surface area contributed by atoms with Gasteiger partial charge in [-0.2, -0.15) is 10.2 Å². The van der Waals surface area contributed by atoms with Crippen LogP contribution in [0, 0.1) is 0 Å². The Bertz CT molecular complexity index is 950. The van der Waals surface area contributed by atoms with Gasteiger partial charge in [-0.05, 0) is 23.6 Å². The smallest absolute Gasteiger partial charge is 0.291 e. The molecule has 0 saturated heterocycles. The first kappa shape index (κ1) is 18.5. The van der Waals surface area contributed by atoms with Crippen LogP contribution in [0.25, 0.3) is 10.6 Å². The molecule has 0 radical (unpaired) electrons. The molecular formula is C18H18N4O4S. The van der Waals surface area contributed by atoms with Crippen molar-refractivity contribution in [2.24, 2.45) is 5.10 Å². The van der Waals surface area contributed by atoms with Crippen LogP contribution in [0.15, 0.2) is 40.8 Å². The highest BCUT2D eigenvalue weighted by Crippen LogP contribution is 2.33. The first-order valence-corrected chi connectivity index (χ1v) is 8.77. The Labute approximate surface area is 159 Å². The Morgan fingerprint density at radius 1 is 1.15 bits per heavy atom. The topological polar surface area (TPSA) is 97.8 Å². The summed E-state index contributed by atoms with van der Waals surface area (Å²) in [6.45, 7) is 0. The highest BCUT2D eigenvalue weighted by atomic mass is 32.1. The average Bonchev–Trinajstić information content (AvgIpc) is 3.38. The third-order valence-electron chi connectivity index (χ3n) is 3.70. The zero-order valence-electron chi connectivity index (χ0n) is 15.0. The lowest BCUT2D eigenvalue weighted by Gasteiger charge is -2.11. The van der Waals surface area contributed by atoms with Gasteiger partial charge in [0.25, 0.3) is 5.91 Å². The number of nitrogens with zero attached hydrogens (tertiary/aromatic N) is 2. The van der Waals surface area contributed by atoms with Crippen LogP contribution < -0.4 is 19.6 Å². The minimum absolute atomic E-state index is 0.245. The molecule has 0 unspecified atom stereocenters. The number of thiophene rings is 1. The molecule has 3 aromatic rings. The second-order valence-electron chi connectivity index (χ2n) is 5.29. The fourth-order valence-corrected chi connectivity index (χ4v) is 3.06. The van der Waals surface area contributed by atoms with Crippen LogP contribution in [0.2, 0.25) is 0 Å². The summed E-state index contributed by atoms with van der Waals surface area (Å²) in [6, 6.07) is 8.94. The van der Waals surface area contributed by atoms with Crippen molar-refractivity contribution in [1.82, 2.24) is 15.6 Å². The Balaban J connectivity index is 1.72. The number of H-pyrrole nitrogens is 1. The van der Waals surface area contributed by atoms with Gasteiger partial charge >= 0.3 is 0 Å². The number of carbonyl (C=O) groups is 1. The summed E-state index contributed by atoms with van der Waals surface area (Å²) >= 11 is 1.56. The van der Waals surface area contributed by atoms with Crippen LogP contribution in [0.1, 0.15) is 16.1 Å². The van der Waals surface area contributed by atoms with Gasteiger partial charge < -0.3 is 14.2 Å². The number of aromatic nitrogens is 2. The molecule has 1 aromatic carbocycles. The lowest BCUT2D eigenvalue weighted by atomic mass is 10.2. The van der Waals surface area contributed by atoms with Crippen molar-refractivity contribution in [2.75, 3.05) is 21.3 Å². The summed E-state index contributed by atoms with van der Waals surface area (Å²) in [5.74, 6) is 1.17. The highest BCUT2D eigenvalue weighted by Gasteiger charge is 2.12. The maximum atomic E-state index is 12.2. The second kappa shape index (κ2) is 8.37. The first-order valence-electron chi connectivity index (χ1n) is 7.89. The lowest BCUT2D eigenvalue weighted by molar-refractivity contribution is 0.0950. The highest BCUT2D eigenvalue weighted by molar-refractivity contribution is 7.13. The molecule has 9 heteroatoms. The van der Waals surface area contributed by atoms with E-state index in [2.05, 4.69) is 20.7 Å². The van der Waals surface area contributed by atoms with E-state index >= 15 is 0 Å². The van der Waals surface area contributed by atoms with E-state index in [1.807, 2.05) is 17.5 Å². The van der Waals surface area contributed by atoms with Crippen molar-refractivity contribution in [3.8, 4) is 27.8 Å². The number of hydrazone groups is 1. The predicted molar refractivity (Wildman–Crippen MR) is 103 cm³/mol. The molecule has 2 aromatic heterocycles. The van der Waals surface area contributed by atoms with Gasteiger partial charge in [0.1, 0.15) is 5.75 Å². The van der Waals surface area contributed by atoms with E-state index in [1.54, 1.807) is 36.6 Å². The third kappa shape index (κ3) is 4.09. The first-order chi connectivity index (χ1) is 13.2. The average molecular weight is 386 g/mol. The summed E-state index contributed by atoms with van der Waals surface area (Å²) < 4.78 is 15.8. The number of ether oxygens (including phenoxy) is 3. The van der Waals surface area contributed by atoms with Crippen LogP contribution >= 0.6 is 11.3 Å². The van der Waals surface area contributed by atoms with Crippen LogP contribution in [-0.4, -0.2) is 43.6 Å². The van der Waals surface area contributed by atoms with Crippen molar-refractivity contribution in [3.05, 3.63) is 47.0 Å². The molecule has 3 rings (SSSR count). The number of amides is 1. The van der Waals surface area contributed by atoms with Gasteiger partial charge in [-0.25, -0.2) is 5.43 Å². The maximum absolute atomic E-state index is 12.2. The van der Waals surface area contributed by atoms with Gasteiger partial charge in [0.05, 0.1) is 38.1 Å². The molecule has 0 atom stereocenters. The Morgan fingerprint density at radius 3 is 2.56 bits per heavy atom. The van der Waals surface area contributed by atoms with E-state index in [0.717, 1.165) is 10.6 Å². The van der Waals surface area contributed by atoms with Crippen molar-refractivity contribution in [3.63, 3.8) is 0 Å². The van der Waals surface area contributed by atoms with Crippen molar-refractivity contribution >= 4 is 23.5 Å². The van der Waals surface area contributed by atoms with Crippen molar-refractivity contribution < 1.29 is 19.0 Å². The number of hydrogen-bond acceptors (Lipinski definition) is 7. The minimum Gasteiger partial charge on any atom is -0.496 e. The molecule has 0 saturated carbocycles. The van der Waals surface area contributed by atoms with Crippen LogP contribution in [0.5, 0.6) is 17.2 Å². The third-order valence-corrected chi connectivity index (χ3v) is 4.61. The monoisotopic (exact) mass is 386 g/mol. The van der Waals surface area contributed by atoms with E-state index in [4.69, 9.17) is 14.2 Å². The normalized spacial score (nSPS) is 10.8. The van der Waals surface area contributed by atoms with Crippen molar-refractivity contribution in [2.45, 2.75) is 0 Å². The molecule has 2 heterocycles. The number of carbonyl (C=O) groups excluding carboxylic acids is 1. The number of nitrogens with one attached hydrogen (secondary N) is 2. The van der Waals surface area contributed by atoms with Gasteiger partial charge in [-0.3, -0.25) is 9.89 Å². The number of rotatable bonds is 7. The summed E-state index contributed by atoms with van der Waals surface area (Å²) in [5, 5.41) is 12.8. The van der Waals surface area contributed by atoms with Crippen LogP contribution in [0.4, 0.5) is 0 Å². The number of benzene rings is 1. The van der Waals surface area contributed by atoms with Gasteiger partial charge in [-0.15, -0.1) is 11.3 Å². The molecule has 0 aliphatic carbocycles. The molecular weight excluding hydrogens is 368 g/mol. The Hall–Kier alpha value is -3.33. The number of hydrogen-bond donors (Lipinski definition) is 2. The quantitative estimate of drug-likeness (QED) is 0.481. The maximum Gasteiger partial charge on any atom is 0.291 e. The van der Waals surface area contributed by atoms with Gasteiger partial charge in [0, 0.05) is 11.6 Å². The summed E-state index contributed by atoms with van der Waals surface area (Å²) in [7, 11) is 4.61. The van der Waals surface area contributed by atoms with Gasteiger partial charge in [0.15, 0.2) is 17.2 Å². The zero-order chi connectivity index (χ0) is 19.2. The predicted octanol–water partition coefficient (Wildman–Crippen LogP) is 2.93. The lowest BCUT2D eigenvalue weighted by Crippen LogP contribution is -2.18. The standard InChI is InChI=1S/C18H18N4O4S/c1-24-14-9-16(26-3)15(25-2)7-11(14)10-19-22-18(23)13-8-12(20-21-13)17-5-4-6-27-17/h4-10H,1-3H3,(H,20,21)(H,22,23)/b19-10+. The Morgan fingerprint density at radius 2 is 1.89 bits per heavy atom. The fraction of sp³-hybridized carbons (Fsp3) is 0.167. The second-order valence-corrected chi connectivity index (χ2v) is 6.24. The molecule has 27 heavy (non-hydrogen) atoms.